The van der Waals surface area contributed by atoms with Crippen molar-refractivity contribution in [1.82, 2.24) is 0 Å². The average Bonchev–Trinajstić information content (AvgIpc) is 2.18. The van der Waals surface area contributed by atoms with E-state index in [-0.39, 0.29) is 0 Å². The monoisotopic (exact) mass is 210 g/mol. The fourth-order valence-electron chi connectivity index (χ4n) is 1.23. The van der Waals surface area contributed by atoms with Crippen LogP contribution in [-0.2, 0) is 0 Å². The molecular weight excluding hydrogens is 192 g/mol. The van der Waals surface area contributed by atoms with Gasteiger partial charge in [0.1, 0.15) is 0 Å². The van der Waals surface area contributed by atoms with E-state index < -0.39 is 0 Å². The van der Waals surface area contributed by atoms with Crippen molar-refractivity contribution in [3.05, 3.63) is 24.3 Å². The minimum absolute atomic E-state index is 0.520. The molecule has 0 aliphatic carbocycles. The van der Waals surface area contributed by atoms with E-state index >= 15 is 0 Å². The number of nitrogens with one attached hydrogen (secondary N) is 1. The van der Waals surface area contributed by atoms with Crippen molar-refractivity contribution >= 4 is 23.1 Å². The summed E-state index contributed by atoms with van der Waals surface area (Å²) in [6.45, 7) is 2.20. The first-order valence-corrected chi connectivity index (χ1v) is 6.23. The quantitative estimate of drug-likeness (QED) is 0.734. The highest BCUT2D eigenvalue weighted by molar-refractivity contribution is 7.98. The Kier molecular flexibility index (Phi) is 4.66. The van der Waals surface area contributed by atoms with E-state index in [1.54, 1.807) is 0 Å². The summed E-state index contributed by atoms with van der Waals surface area (Å²) < 4.78 is 0. The highest BCUT2D eigenvalue weighted by Crippen LogP contribution is 2.13. The van der Waals surface area contributed by atoms with Crippen LogP contribution in [0.15, 0.2) is 24.3 Å². The maximum Gasteiger partial charge on any atom is 0.0343 e. The minimum atomic E-state index is 0.520. The predicted octanol–water partition coefficient (Wildman–Crippen LogP) is 2.82. The van der Waals surface area contributed by atoms with E-state index in [2.05, 4.69) is 18.5 Å². The van der Waals surface area contributed by atoms with Gasteiger partial charge < -0.3 is 11.1 Å². The fraction of sp³-hybridized carbons (Fsp3) is 0.455. The second-order valence-electron chi connectivity index (χ2n) is 3.45. The molecule has 1 aromatic rings. The molecule has 1 rings (SSSR count). The Balaban J connectivity index is 2.39. The average molecular weight is 210 g/mol. The Hall–Kier alpha value is -0.830. The second kappa shape index (κ2) is 5.81. The summed E-state index contributed by atoms with van der Waals surface area (Å²) in [4.78, 5) is 0. The zero-order valence-corrected chi connectivity index (χ0v) is 9.60. The topological polar surface area (TPSA) is 38.0 Å². The summed E-state index contributed by atoms with van der Waals surface area (Å²) in [5.74, 6) is 1.20. The van der Waals surface area contributed by atoms with E-state index in [0.717, 1.165) is 11.4 Å². The Labute approximate surface area is 90.3 Å². The van der Waals surface area contributed by atoms with E-state index in [1.165, 1.54) is 12.2 Å². The van der Waals surface area contributed by atoms with Crippen LogP contribution in [0.25, 0.3) is 0 Å². The summed E-state index contributed by atoms with van der Waals surface area (Å²) in [6, 6.07) is 8.40. The number of nitrogens with two attached hydrogens (primary N) is 1. The van der Waals surface area contributed by atoms with Crippen molar-refractivity contribution in [2.45, 2.75) is 19.4 Å². The lowest BCUT2D eigenvalue weighted by Crippen LogP contribution is -2.15. The molecule has 0 saturated carbocycles. The van der Waals surface area contributed by atoms with Crippen molar-refractivity contribution in [3.63, 3.8) is 0 Å². The second-order valence-corrected chi connectivity index (χ2v) is 4.43. The summed E-state index contributed by atoms with van der Waals surface area (Å²) in [7, 11) is 0. The van der Waals surface area contributed by atoms with Crippen LogP contribution in [0.3, 0.4) is 0 Å². The van der Waals surface area contributed by atoms with Crippen molar-refractivity contribution in [2.75, 3.05) is 23.1 Å². The Morgan fingerprint density at radius 2 is 2.00 bits per heavy atom. The van der Waals surface area contributed by atoms with E-state index in [1.807, 2.05) is 36.0 Å². The Morgan fingerprint density at radius 3 is 2.57 bits per heavy atom. The third-order valence-corrected chi connectivity index (χ3v) is 2.72. The lowest BCUT2D eigenvalue weighted by Gasteiger charge is -2.14. The molecular formula is C11H18N2S. The standard InChI is InChI=1S/C11H18N2S/c1-9(7-8-14-2)13-11-5-3-10(12)4-6-11/h3-6,9,13H,7-8,12H2,1-2H3. The third kappa shape index (κ3) is 3.92. The van der Waals surface area contributed by atoms with Gasteiger partial charge in [0.2, 0.25) is 0 Å². The van der Waals surface area contributed by atoms with Gasteiger partial charge in [0.25, 0.3) is 0 Å². The van der Waals surface area contributed by atoms with Crippen LogP contribution in [0.2, 0.25) is 0 Å². The predicted molar refractivity (Wildman–Crippen MR) is 66.9 cm³/mol. The number of thioether (sulfide) groups is 1. The largest absolute Gasteiger partial charge is 0.399 e. The summed E-state index contributed by atoms with van der Waals surface area (Å²) in [6.07, 6.45) is 3.32. The lowest BCUT2D eigenvalue weighted by atomic mass is 10.2. The van der Waals surface area contributed by atoms with Crippen molar-refractivity contribution in [3.8, 4) is 0 Å². The van der Waals surface area contributed by atoms with Gasteiger partial charge in [-0.05, 0) is 49.6 Å². The smallest absolute Gasteiger partial charge is 0.0343 e. The van der Waals surface area contributed by atoms with Crippen LogP contribution < -0.4 is 11.1 Å². The molecule has 14 heavy (non-hydrogen) atoms. The molecule has 0 bridgehead atoms. The van der Waals surface area contributed by atoms with Crippen molar-refractivity contribution < 1.29 is 0 Å². The molecule has 0 spiro atoms. The number of anilines is 2. The molecule has 0 saturated heterocycles. The van der Waals surface area contributed by atoms with Gasteiger partial charge in [0.05, 0.1) is 0 Å². The normalized spacial score (nSPS) is 12.4. The number of rotatable bonds is 5. The Bertz CT molecular complexity index is 258. The molecule has 1 unspecified atom stereocenters. The van der Waals surface area contributed by atoms with E-state index in [9.17, 15) is 0 Å². The lowest BCUT2D eigenvalue weighted by molar-refractivity contribution is 0.772. The molecule has 0 heterocycles. The zero-order valence-electron chi connectivity index (χ0n) is 8.79. The minimum Gasteiger partial charge on any atom is -0.399 e. The molecule has 1 aromatic carbocycles. The van der Waals surface area contributed by atoms with Gasteiger partial charge in [-0.2, -0.15) is 11.8 Å². The first kappa shape index (κ1) is 11.2. The molecule has 1 atom stereocenters. The molecule has 3 heteroatoms. The molecule has 0 fully saturated rings. The Morgan fingerprint density at radius 1 is 1.36 bits per heavy atom. The van der Waals surface area contributed by atoms with Gasteiger partial charge in [-0.1, -0.05) is 0 Å². The molecule has 0 amide bonds. The molecule has 2 nitrogen and oxygen atoms in total. The van der Waals surface area contributed by atoms with Gasteiger partial charge in [-0.3, -0.25) is 0 Å². The van der Waals surface area contributed by atoms with Gasteiger partial charge in [0.15, 0.2) is 0 Å². The van der Waals surface area contributed by atoms with Crippen LogP contribution in [-0.4, -0.2) is 18.1 Å². The fourth-order valence-corrected chi connectivity index (χ4v) is 1.82. The summed E-state index contributed by atoms with van der Waals surface area (Å²) >= 11 is 1.88. The zero-order chi connectivity index (χ0) is 10.4. The molecule has 0 radical (unpaired) electrons. The van der Waals surface area contributed by atoms with Crippen LogP contribution in [0.5, 0.6) is 0 Å². The highest BCUT2D eigenvalue weighted by atomic mass is 32.2. The third-order valence-electron chi connectivity index (χ3n) is 2.08. The first-order valence-electron chi connectivity index (χ1n) is 4.83. The SMILES string of the molecule is CSCCC(C)Nc1ccc(N)cc1. The summed E-state index contributed by atoms with van der Waals surface area (Å²) in [5, 5.41) is 3.44. The van der Waals surface area contributed by atoms with Crippen molar-refractivity contribution in [1.29, 1.82) is 0 Å². The van der Waals surface area contributed by atoms with Crippen LogP contribution >= 0.6 is 11.8 Å². The first-order chi connectivity index (χ1) is 6.72. The molecule has 0 aromatic heterocycles. The number of hydrogen-bond acceptors (Lipinski definition) is 3. The van der Waals surface area contributed by atoms with E-state index in [0.29, 0.717) is 6.04 Å². The van der Waals surface area contributed by atoms with Crippen LogP contribution in [0.1, 0.15) is 13.3 Å². The van der Waals surface area contributed by atoms with Crippen LogP contribution in [0, 0.1) is 0 Å². The van der Waals surface area contributed by atoms with Gasteiger partial charge in [0, 0.05) is 17.4 Å². The maximum atomic E-state index is 5.61. The molecule has 78 valence electrons. The molecule has 3 N–H and O–H groups in total. The van der Waals surface area contributed by atoms with Gasteiger partial charge >= 0.3 is 0 Å². The van der Waals surface area contributed by atoms with Crippen LogP contribution in [0.4, 0.5) is 11.4 Å². The molecule has 0 aliphatic rings. The summed E-state index contributed by atoms with van der Waals surface area (Å²) in [5.41, 5.74) is 7.57. The highest BCUT2D eigenvalue weighted by Gasteiger charge is 2.00. The number of benzene rings is 1. The maximum absolute atomic E-state index is 5.61. The molecule has 0 aliphatic heterocycles. The number of nitrogen functional groups attached to an aromatic ring is 1. The van der Waals surface area contributed by atoms with Crippen molar-refractivity contribution in [2.24, 2.45) is 0 Å². The van der Waals surface area contributed by atoms with E-state index in [4.69, 9.17) is 5.73 Å². The van der Waals surface area contributed by atoms with Gasteiger partial charge in [-0.25, -0.2) is 0 Å². The number of hydrogen-bond donors (Lipinski definition) is 2. The van der Waals surface area contributed by atoms with Gasteiger partial charge in [-0.15, -0.1) is 0 Å².